The van der Waals surface area contributed by atoms with E-state index < -0.39 is 0 Å². The maximum absolute atomic E-state index is 10.4. The van der Waals surface area contributed by atoms with Crippen molar-refractivity contribution in [3.63, 3.8) is 0 Å². The first-order valence-electron chi connectivity index (χ1n) is 5.35. The Morgan fingerprint density at radius 2 is 0.941 bits per heavy atom. The second-order valence-electron chi connectivity index (χ2n) is 3.54. The molecular formula is C12H20CuO4. The van der Waals surface area contributed by atoms with Gasteiger partial charge in [0, 0.05) is 29.9 Å². The van der Waals surface area contributed by atoms with Gasteiger partial charge in [-0.1, -0.05) is 13.8 Å². The summed E-state index contributed by atoms with van der Waals surface area (Å²) in [5.41, 5.74) is 0. The number of hydrogen-bond acceptors (Lipinski definition) is 4. The number of ketones is 4. The summed E-state index contributed by atoms with van der Waals surface area (Å²) in [4.78, 5) is 41.2. The standard InChI is InChI=1S/2C6H10O2.Cu/c2*1-3-6(8)4-5(2)7;/h2*3-4H2,1-2H3;. The third-order valence-corrected chi connectivity index (χ3v) is 1.68. The van der Waals surface area contributed by atoms with Gasteiger partial charge in [-0.15, -0.1) is 0 Å². The van der Waals surface area contributed by atoms with Gasteiger partial charge in [-0.25, -0.2) is 0 Å². The summed E-state index contributed by atoms with van der Waals surface area (Å²) in [6, 6.07) is 0. The van der Waals surface area contributed by atoms with Crippen LogP contribution in [0.4, 0.5) is 0 Å². The summed E-state index contributed by atoms with van der Waals surface area (Å²) in [5, 5.41) is 0. The third kappa shape index (κ3) is 21.1. The minimum absolute atomic E-state index is 0. The predicted octanol–water partition coefficient (Wildman–Crippen LogP) is 1.89. The number of carbonyl (C=O) groups is 4. The van der Waals surface area contributed by atoms with Gasteiger partial charge in [-0.2, -0.15) is 0 Å². The summed E-state index contributed by atoms with van der Waals surface area (Å²) in [6.45, 7) is 6.36. The maximum atomic E-state index is 10.4. The van der Waals surface area contributed by atoms with E-state index in [0.29, 0.717) is 12.8 Å². The van der Waals surface area contributed by atoms with E-state index in [1.165, 1.54) is 13.8 Å². The van der Waals surface area contributed by atoms with Crippen molar-refractivity contribution >= 4 is 23.1 Å². The number of Topliss-reactive ketones (excluding diaryl/α,β-unsaturated/α-hetero) is 4. The van der Waals surface area contributed by atoms with E-state index in [9.17, 15) is 19.2 Å². The molecule has 0 rings (SSSR count). The van der Waals surface area contributed by atoms with Crippen LogP contribution in [-0.2, 0) is 36.2 Å². The Bertz CT molecular complexity index is 244. The molecule has 0 N–H and O–H groups in total. The van der Waals surface area contributed by atoms with Gasteiger partial charge >= 0.3 is 0 Å². The van der Waals surface area contributed by atoms with E-state index in [2.05, 4.69) is 0 Å². The van der Waals surface area contributed by atoms with Gasteiger partial charge in [0.2, 0.25) is 0 Å². The van der Waals surface area contributed by atoms with E-state index in [-0.39, 0.29) is 53.0 Å². The fraction of sp³-hybridized carbons (Fsp3) is 0.667. The Morgan fingerprint density at radius 1 is 0.706 bits per heavy atom. The zero-order valence-corrected chi connectivity index (χ0v) is 11.7. The Kier molecular flexibility index (Phi) is 16.8. The molecule has 0 atom stereocenters. The van der Waals surface area contributed by atoms with Crippen molar-refractivity contribution in [2.24, 2.45) is 0 Å². The van der Waals surface area contributed by atoms with Crippen molar-refractivity contribution in [2.75, 3.05) is 0 Å². The molecule has 0 amide bonds. The Hall–Kier alpha value is -0.801. The summed E-state index contributed by atoms with van der Waals surface area (Å²) < 4.78 is 0. The van der Waals surface area contributed by atoms with Gasteiger partial charge < -0.3 is 0 Å². The second-order valence-corrected chi connectivity index (χ2v) is 3.54. The molecule has 103 valence electrons. The van der Waals surface area contributed by atoms with Crippen LogP contribution in [0, 0.1) is 0 Å². The summed E-state index contributed by atoms with van der Waals surface area (Å²) in [6.07, 6.45) is 1.16. The smallest absolute Gasteiger partial charge is 0.139 e. The molecule has 0 aromatic rings. The van der Waals surface area contributed by atoms with Crippen LogP contribution in [0.3, 0.4) is 0 Å². The minimum atomic E-state index is -0.0446. The molecule has 0 aromatic heterocycles. The average molecular weight is 292 g/mol. The Labute approximate surface area is 113 Å². The van der Waals surface area contributed by atoms with Crippen molar-refractivity contribution in [1.29, 1.82) is 0 Å². The molecule has 0 spiro atoms. The van der Waals surface area contributed by atoms with Crippen LogP contribution in [-0.4, -0.2) is 23.1 Å². The molecule has 0 aliphatic rings. The number of carbonyl (C=O) groups excluding carboxylic acids is 4. The monoisotopic (exact) mass is 291 g/mol. The Balaban J connectivity index is -0.000000218. The molecule has 17 heavy (non-hydrogen) atoms. The first-order valence-corrected chi connectivity index (χ1v) is 5.35. The van der Waals surface area contributed by atoms with Crippen LogP contribution in [0.1, 0.15) is 53.4 Å². The molecule has 0 fully saturated rings. The van der Waals surface area contributed by atoms with Crippen LogP contribution >= 0.6 is 0 Å². The van der Waals surface area contributed by atoms with E-state index in [1.807, 2.05) is 0 Å². The van der Waals surface area contributed by atoms with E-state index in [0.717, 1.165) is 0 Å². The Morgan fingerprint density at radius 3 is 1.00 bits per heavy atom. The molecule has 0 aliphatic heterocycles. The predicted molar refractivity (Wildman–Crippen MR) is 61.2 cm³/mol. The average Bonchev–Trinajstić information content (AvgIpc) is 2.16. The van der Waals surface area contributed by atoms with Crippen LogP contribution < -0.4 is 0 Å². The van der Waals surface area contributed by atoms with E-state index >= 15 is 0 Å². The summed E-state index contributed by atoms with van der Waals surface area (Å²) in [5.74, 6) is -0.0382. The molecule has 0 bridgehead atoms. The van der Waals surface area contributed by atoms with Crippen LogP contribution in [0.5, 0.6) is 0 Å². The topological polar surface area (TPSA) is 68.3 Å². The molecule has 0 heterocycles. The first kappa shape index (κ1) is 21.5. The van der Waals surface area contributed by atoms with Crippen molar-refractivity contribution in [2.45, 2.75) is 53.4 Å². The SMILES string of the molecule is CCC(=O)CC(C)=O.CCC(=O)CC(C)=O.[Cu]. The van der Waals surface area contributed by atoms with Gasteiger partial charge in [-0.3, -0.25) is 19.2 Å². The van der Waals surface area contributed by atoms with Crippen LogP contribution in [0.25, 0.3) is 0 Å². The summed E-state index contributed by atoms with van der Waals surface area (Å²) >= 11 is 0. The molecular weight excluding hydrogens is 272 g/mol. The maximum Gasteiger partial charge on any atom is 0.139 e. The van der Waals surface area contributed by atoms with Crippen molar-refractivity contribution in [1.82, 2.24) is 0 Å². The molecule has 0 aliphatic carbocycles. The quantitative estimate of drug-likeness (QED) is 0.553. The first-order chi connectivity index (χ1) is 7.33. The summed E-state index contributed by atoms with van der Waals surface area (Å²) in [7, 11) is 0. The molecule has 0 saturated carbocycles. The number of hydrogen-bond donors (Lipinski definition) is 0. The van der Waals surface area contributed by atoms with Gasteiger partial charge in [0.1, 0.15) is 23.1 Å². The largest absolute Gasteiger partial charge is 0.300 e. The van der Waals surface area contributed by atoms with Crippen LogP contribution in [0.2, 0.25) is 0 Å². The zero-order chi connectivity index (χ0) is 13.1. The molecule has 0 saturated heterocycles. The normalized spacial score (nSPS) is 8.24. The third-order valence-electron chi connectivity index (χ3n) is 1.68. The van der Waals surface area contributed by atoms with Gasteiger partial charge in [0.15, 0.2) is 0 Å². The molecule has 5 heteroatoms. The van der Waals surface area contributed by atoms with Crippen molar-refractivity contribution in [3.05, 3.63) is 0 Å². The molecule has 0 unspecified atom stereocenters. The van der Waals surface area contributed by atoms with Gasteiger partial charge in [0.25, 0.3) is 0 Å². The molecule has 1 radical (unpaired) electrons. The van der Waals surface area contributed by atoms with Crippen LogP contribution in [0.15, 0.2) is 0 Å². The van der Waals surface area contributed by atoms with Crippen molar-refractivity contribution < 1.29 is 36.2 Å². The molecule has 4 nitrogen and oxygen atoms in total. The molecule has 0 aromatic carbocycles. The zero-order valence-electron chi connectivity index (χ0n) is 10.8. The van der Waals surface area contributed by atoms with Gasteiger partial charge in [0.05, 0.1) is 12.8 Å². The second kappa shape index (κ2) is 13.3. The van der Waals surface area contributed by atoms with Crippen molar-refractivity contribution in [3.8, 4) is 0 Å². The van der Waals surface area contributed by atoms with E-state index in [4.69, 9.17) is 0 Å². The fourth-order valence-electron chi connectivity index (χ4n) is 0.805. The van der Waals surface area contributed by atoms with E-state index in [1.54, 1.807) is 13.8 Å². The minimum Gasteiger partial charge on any atom is -0.300 e. The fourth-order valence-corrected chi connectivity index (χ4v) is 0.805. The number of rotatable bonds is 6. The van der Waals surface area contributed by atoms with Gasteiger partial charge in [-0.05, 0) is 13.8 Å².